The standard InChI is InChI=1S/C22H32NO6P/c1-7-16-14(4)18-11-29-22(26)19(18)20(24)17(16)10-9-13(3)12-30(6,27)23-15(5)21(25)28-8-2/h9,15,24H,7-8,10-12H2,1-6H3,(H,23,27)/b13-9+/t15-,30?/m0/s1. The van der Waals surface area contributed by atoms with Crippen LogP contribution in [0.2, 0.25) is 0 Å². The van der Waals surface area contributed by atoms with E-state index in [2.05, 4.69) is 5.09 Å². The van der Waals surface area contributed by atoms with Gasteiger partial charge in [0.1, 0.15) is 31.3 Å². The highest BCUT2D eigenvalue weighted by Gasteiger charge is 2.31. The van der Waals surface area contributed by atoms with Crippen LogP contribution in [0.5, 0.6) is 5.75 Å². The number of phenols is 1. The van der Waals surface area contributed by atoms with E-state index in [1.54, 1.807) is 20.5 Å². The summed E-state index contributed by atoms with van der Waals surface area (Å²) in [5.41, 5.74) is 4.56. The number of aromatic hydroxyl groups is 1. The fourth-order valence-corrected chi connectivity index (χ4v) is 6.03. The monoisotopic (exact) mass is 437 g/mol. The first-order valence-electron chi connectivity index (χ1n) is 10.2. The molecule has 2 atom stereocenters. The van der Waals surface area contributed by atoms with Gasteiger partial charge in [-0.1, -0.05) is 18.6 Å². The molecule has 8 heteroatoms. The van der Waals surface area contributed by atoms with Gasteiger partial charge in [0.15, 0.2) is 0 Å². The second-order valence-electron chi connectivity index (χ2n) is 7.83. The molecule has 7 nitrogen and oxygen atoms in total. The highest BCUT2D eigenvalue weighted by molar-refractivity contribution is 7.61. The predicted octanol–water partition coefficient (Wildman–Crippen LogP) is 3.87. The zero-order chi connectivity index (χ0) is 22.6. The largest absolute Gasteiger partial charge is 0.507 e. The molecule has 0 spiro atoms. The number of esters is 2. The lowest BCUT2D eigenvalue weighted by Gasteiger charge is -2.20. The molecule has 0 aliphatic carbocycles. The Morgan fingerprint density at radius 3 is 2.63 bits per heavy atom. The molecule has 0 radical (unpaired) electrons. The Labute approximate surface area is 178 Å². The molecule has 0 bridgehead atoms. The molecular formula is C22H32NO6P. The lowest BCUT2D eigenvalue weighted by atomic mass is 9.89. The number of hydrogen-bond acceptors (Lipinski definition) is 6. The number of carbonyl (C=O) groups is 2. The highest BCUT2D eigenvalue weighted by atomic mass is 31.2. The second kappa shape index (κ2) is 9.80. The lowest BCUT2D eigenvalue weighted by molar-refractivity contribution is -0.144. The van der Waals surface area contributed by atoms with E-state index >= 15 is 0 Å². The molecule has 0 saturated heterocycles. The molecular weight excluding hydrogens is 405 g/mol. The number of fused-ring (bicyclic) bond motifs is 1. The number of benzene rings is 1. The maximum absolute atomic E-state index is 12.9. The molecule has 2 N–H and O–H groups in total. The van der Waals surface area contributed by atoms with Gasteiger partial charge in [-0.2, -0.15) is 0 Å². The Morgan fingerprint density at radius 1 is 1.37 bits per heavy atom. The highest BCUT2D eigenvalue weighted by Crippen LogP contribution is 2.40. The van der Waals surface area contributed by atoms with E-state index in [1.807, 2.05) is 26.8 Å². The van der Waals surface area contributed by atoms with Crippen molar-refractivity contribution < 1.29 is 28.7 Å². The molecule has 1 aliphatic rings. The summed E-state index contributed by atoms with van der Waals surface area (Å²) in [5, 5.41) is 13.6. The molecule has 1 aromatic rings. The number of phenolic OH excluding ortho intramolecular Hbond substituents is 1. The number of ether oxygens (including phenoxy) is 2. The fraction of sp³-hybridized carbons (Fsp3) is 0.545. The molecule has 2 rings (SSSR count). The average Bonchev–Trinajstić information content (AvgIpc) is 3.04. The smallest absolute Gasteiger partial charge is 0.342 e. The third kappa shape index (κ3) is 5.32. The first-order chi connectivity index (χ1) is 14.0. The van der Waals surface area contributed by atoms with Crippen molar-refractivity contribution in [1.82, 2.24) is 5.09 Å². The van der Waals surface area contributed by atoms with Crippen LogP contribution in [0.25, 0.3) is 0 Å². The minimum atomic E-state index is -2.82. The molecule has 166 valence electrons. The van der Waals surface area contributed by atoms with Crippen molar-refractivity contribution in [2.75, 3.05) is 19.4 Å². The summed E-state index contributed by atoms with van der Waals surface area (Å²) in [6, 6.07) is -0.658. The quantitative estimate of drug-likeness (QED) is 0.343. The maximum atomic E-state index is 12.9. The summed E-state index contributed by atoms with van der Waals surface area (Å²) in [4.78, 5) is 23.8. The lowest BCUT2D eigenvalue weighted by Crippen LogP contribution is -2.33. The number of nitrogens with one attached hydrogen (secondary N) is 1. The van der Waals surface area contributed by atoms with E-state index < -0.39 is 25.3 Å². The van der Waals surface area contributed by atoms with Crippen LogP contribution in [0.3, 0.4) is 0 Å². The first-order valence-corrected chi connectivity index (χ1v) is 12.6. The topological polar surface area (TPSA) is 102 Å². The summed E-state index contributed by atoms with van der Waals surface area (Å²) in [7, 11) is -2.82. The van der Waals surface area contributed by atoms with Gasteiger partial charge in [0.2, 0.25) is 0 Å². The molecule has 1 heterocycles. The van der Waals surface area contributed by atoms with Gasteiger partial charge in [0.25, 0.3) is 0 Å². The molecule has 0 aromatic heterocycles. The van der Waals surface area contributed by atoms with Gasteiger partial charge in [-0.25, -0.2) is 4.79 Å². The third-order valence-corrected chi connectivity index (χ3v) is 7.35. The van der Waals surface area contributed by atoms with Gasteiger partial charge in [-0.3, -0.25) is 9.88 Å². The predicted molar refractivity (Wildman–Crippen MR) is 116 cm³/mol. The van der Waals surface area contributed by atoms with Crippen LogP contribution in [0.4, 0.5) is 0 Å². The third-order valence-electron chi connectivity index (χ3n) is 5.31. The van der Waals surface area contributed by atoms with E-state index in [1.165, 1.54) is 0 Å². The van der Waals surface area contributed by atoms with Crippen LogP contribution in [0.15, 0.2) is 11.6 Å². The van der Waals surface area contributed by atoms with E-state index in [-0.39, 0.29) is 30.7 Å². The second-order valence-corrected chi connectivity index (χ2v) is 10.6. The van der Waals surface area contributed by atoms with Gasteiger partial charge in [0.05, 0.1) is 6.61 Å². The molecule has 1 aliphatic heterocycles. The summed E-state index contributed by atoms with van der Waals surface area (Å²) in [6.07, 6.45) is 3.32. The zero-order valence-electron chi connectivity index (χ0n) is 18.6. The van der Waals surface area contributed by atoms with Crippen LogP contribution in [0.1, 0.15) is 60.3 Å². The van der Waals surface area contributed by atoms with Crippen molar-refractivity contribution in [2.24, 2.45) is 0 Å². The van der Waals surface area contributed by atoms with Crippen molar-refractivity contribution >= 4 is 19.2 Å². The minimum absolute atomic E-state index is 0.0206. The van der Waals surface area contributed by atoms with Gasteiger partial charge in [-0.15, -0.1) is 0 Å². The van der Waals surface area contributed by atoms with Crippen LogP contribution in [0, 0.1) is 6.92 Å². The van der Waals surface area contributed by atoms with E-state index in [0.29, 0.717) is 18.4 Å². The molecule has 1 unspecified atom stereocenters. The average molecular weight is 437 g/mol. The number of rotatable bonds is 9. The number of allylic oxidation sites excluding steroid dienone is 2. The Bertz CT molecular complexity index is 921. The van der Waals surface area contributed by atoms with Gasteiger partial charge < -0.3 is 19.1 Å². The van der Waals surface area contributed by atoms with Crippen molar-refractivity contribution in [3.05, 3.63) is 39.5 Å². The summed E-state index contributed by atoms with van der Waals surface area (Å²) in [5.74, 6) is -0.947. The first kappa shape index (κ1) is 24.2. The minimum Gasteiger partial charge on any atom is -0.507 e. The number of hydrogen-bond donors (Lipinski definition) is 2. The van der Waals surface area contributed by atoms with Crippen LogP contribution in [-0.4, -0.2) is 42.5 Å². The van der Waals surface area contributed by atoms with Gasteiger partial charge >= 0.3 is 11.9 Å². The van der Waals surface area contributed by atoms with Crippen LogP contribution in [-0.2, 0) is 38.3 Å². The molecule has 0 saturated carbocycles. The summed E-state index contributed by atoms with van der Waals surface area (Å²) >= 11 is 0. The Kier molecular flexibility index (Phi) is 7.89. The SMILES string of the molecule is CCOC(=O)[C@H](C)NP(C)(=O)C/C(C)=C/Cc1c(O)c2c(c(C)c1CC)COC2=O. The summed E-state index contributed by atoms with van der Waals surface area (Å²) < 4.78 is 23.0. The fourth-order valence-electron chi connectivity index (χ4n) is 3.93. The number of cyclic esters (lactones) is 1. The van der Waals surface area contributed by atoms with Gasteiger partial charge in [0, 0.05) is 24.0 Å². The Hall–Kier alpha value is -2.11. The number of carbonyl (C=O) groups excluding carboxylic acids is 2. The maximum Gasteiger partial charge on any atom is 0.342 e. The van der Waals surface area contributed by atoms with E-state index in [0.717, 1.165) is 22.3 Å². The van der Waals surface area contributed by atoms with Crippen molar-refractivity contribution in [1.29, 1.82) is 0 Å². The Balaban J connectivity index is 2.20. The Morgan fingerprint density at radius 2 is 2.03 bits per heavy atom. The molecule has 30 heavy (non-hydrogen) atoms. The molecule has 0 fully saturated rings. The molecule has 1 aromatic carbocycles. The van der Waals surface area contributed by atoms with Crippen molar-refractivity contribution in [3.63, 3.8) is 0 Å². The van der Waals surface area contributed by atoms with Crippen LogP contribution < -0.4 is 5.09 Å². The van der Waals surface area contributed by atoms with Crippen molar-refractivity contribution in [3.8, 4) is 5.75 Å². The normalized spacial score (nSPS) is 16.6. The summed E-state index contributed by atoms with van der Waals surface area (Å²) in [6.45, 7) is 11.2. The molecule has 0 amide bonds. The van der Waals surface area contributed by atoms with E-state index in [4.69, 9.17) is 9.47 Å². The van der Waals surface area contributed by atoms with E-state index in [9.17, 15) is 19.3 Å². The van der Waals surface area contributed by atoms with Crippen molar-refractivity contribution in [2.45, 2.75) is 60.1 Å². The zero-order valence-corrected chi connectivity index (χ0v) is 19.5. The van der Waals surface area contributed by atoms with Crippen LogP contribution >= 0.6 is 7.29 Å². The van der Waals surface area contributed by atoms with Gasteiger partial charge in [-0.05, 0) is 51.7 Å².